The van der Waals surface area contributed by atoms with Crippen molar-refractivity contribution >= 4 is 10.0 Å². The van der Waals surface area contributed by atoms with Crippen molar-refractivity contribution in [2.75, 3.05) is 13.8 Å². The molecule has 0 N–H and O–H groups in total. The molecule has 0 radical (unpaired) electrons. The van der Waals surface area contributed by atoms with Gasteiger partial charge in [-0.1, -0.05) is 18.2 Å². The maximum absolute atomic E-state index is 13.7. The van der Waals surface area contributed by atoms with Crippen molar-refractivity contribution in [1.29, 1.82) is 0 Å². The molecule has 0 fully saturated rings. The first-order chi connectivity index (χ1) is 10.5. The molecule has 116 valence electrons. The molecular weight excluding hydrogens is 309 g/mol. The predicted octanol–water partition coefficient (Wildman–Crippen LogP) is 2.38. The summed E-state index contributed by atoms with van der Waals surface area (Å²) in [5, 5.41) is 0. The summed E-state index contributed by atoms with van der Waals surface area (Å²) in [5.74, 6) is 0.442. The zero-order valence-corrected chi connectivity index (χ0v) is 12.6. The summed E-state index contributed by atoms with van der Waals surface area (Å²) in [5.41, 5.74) is 0.728. The van der Waals surface area contributed by atoms with E-state index in [1.807, 2.05) is 0 Å². The van der Waals surface area contributed by atoms with E-state index in [0.717, 1.165) is 15.9 Å². The highest BCUT2D eigenvalue weighted by Gasteiger charge is 2.24. The third-order valence-electron chi connectivity index (χ3n) is 3.37. The van der Waals surface area contributed by atoms with Crippen LogP contribution in [0.3, 0.4) is 0 Å². The van der Waals surface area contributed by atoms with Gasteiger partial charge in [-0.3, -0.25) is 0 Å². The Hall–Kier alpha value is -2.12. The maximum Gasteiger partial charge on any atom is 0.246 e. The van der Waals surface area contributed by atoms with Crippen molar-refractivity contribution in [3.63, 3.8) is 0 Å². The molecule has 1 aliphatic rings. The normalized spacial score (nSPS) is 13.6. The summed E-state index contributed by atoms with van der Waals surface area (Å²) in [4.78, 5) is -0.335. The van der Waals surface area contributed by atoms with E-state index in [4.69, 9.17) is 9.47 Å². The summed E-state index contributed by atoms with van der Waals surface area (Å²) in [6, 6.07) is 10.5. The number of ether oxygens (including phenoxy) is 2. The molecule has 0 atom stereocenters. The minimum atomic E-state index is -3.90. The van der Waals surface area contributed by atoms with Gasteiger partial charge in [0.1, 0.15) is 10.7 Å². The summed E-state index contributed by atoms with van der Waals surface area (Å²) in [7, 11) is -2.49. The Morgan fingerprint density at radius 2 is 1.86 bits per heavy atom. The number of hydrogen-bond acceptors (Lipinski definition) is 4. The fraction of sp³-hybridized carbons (Fsp3) is 0.200. The average molecular weight is 323 g/mol. The second-order valence-electron chi connectivity index (χ2n) is 4.88. The van der Waals surface area contributed by atoms with Crippen LogP contribution in [0.25, 0.3) is 0 Å². The highest BCUT2D eigenvalue weighted by molar-refractivity contribution is 7.89. The molecule has 0 aliphatic carbocycles. The van der Waals surface area contributed by atoms with Gasteiger partial charge in [0.2, 0.25) is 16.8 Å². The van der Waals surface area contributed by atoms with Crippen LogP contribution in [0.2, 0.25) is 0 Å². The van der Waals surface area contributed by atoms with E-state index in [9.17, 15) is 12.8 Å². The number of hydrogen-bond donors (Lipinski definition) is 0. The summed E-state index contributed by atoms with van der Waals surface area (Å²) < 4.78 is 50.1. The molecular formula is C15H14FNO4S. The van der Waals surface area contributed by atoms with Gasteiger partial charge < -0.3 is 9.47 Å². The minimum absolute atomic E-state index is 0.104. The van der Waals surface area contributed by atoms with Gasteiger partial charge in [-0.15, -0.1) is 0 Å². The van der Waals surface area contributed by atoms with Gasteiger partial charge in [0.25, 0.3) is 0 Å². The third kappa shape index (κ3) is 2.65. The molecule has 2 aromatic carbocycles. The van der Waals surface area contributed by atoms with Crippen molar-refractivity contribution < 1.29 is 22.3 Å². The molecule has 0 saturated carbocycles. The molecule has 0 amide bonds. The number of halogens is 1. The SMILES string of the molecule is CN(Cc1ccc2c(c1)OCO2)S(=O)(=O)c1ccccc1F. The second kappa shape index (κ2) is 5.58. The monoisotopic (exact) mass is 323 g/mol. The number of nitrogens with zero attached hydrogens (tertiary/aromatic N) is 1. The molecule has 5 nitrogen and oxygen atoms in total. The van der Waals surface area contributed by atoms with E-state index >= 15 is 0 Å². The van der Waals surface area contributed by atoms with Crippen molar-refractivity contribution in [2.24, 2.45) is 0 Å². The van der Waals surface area contributed by atoms with Gasteiger partial charge in [0.15, 0.2) is 11.5 Å². The van der Waals surface area contributed by atoms with Crippen LogP contribution in [0.15, 0.2) is 47.4 Å². The standard InChI is InChI=1S/C15H14FNO4S/c1-17(22(18,19)15-5-3-2-4-12(15)16)9-11-6-7-13-14(8-11)21-10-20-13/h2-8H,9-10H2,1H3. The molecule has 2 aromatic rings. The molecule has 7 heteroatoms. The minimum Gasteiger partial charge on any atom is -0.454 e. The van der Waals surface area contributed by atoms with Crippen LogP contribution < -0.4 is 9.47 Å². The van der Waals surface area contributed by atoms with Crippen LogP contribution in [0.5, 0.6) is 11.5 Å². The van der Waals surface area contributed by atoms with Crippen molar-refractivity contribution in [3.8, 4) is 11.5 Å². The maximum atomic E-state index is 13.7. The van der Waals surface area contributed by atoms with Crippen LogP contribution in [0.1, 0.15) is 5.56 Å². The molecule has 0 spiro atoms. The lowest BCUT2D eigenvalue weighted by Gasteiger charge is -2.17. The van der Waals surface area contributed by atoms with Gasteiger partial charge in [0.05, 0.1) is 0 Å². The van der Waals surface area contributed by atoms with E-state index in [0.29, 0.717) is 11.5 Å². The molecule has 3 rings (SSSR count). The number of sulfonamides is 1. The van der Waals surface area contributed by atoms with E-state index in [2.05, 4.69) is 0 Å². The van der Waals surface area contributed by atoms with Gasteiger partial charge in [0, 0.05) is 13.6 Å². The quantitative estimate of drug-likeness (QED) is 0.867. The predicted molar refractivity (Wildman–Crippen MR) is 77.6 cm³/mol. The number of rotatable bonds is 4. The molecule has 1 aliphatic heterocycles. The summed E-state index contributed by atoms with van der Waals surface area (Å²) in [6.07, 6.45) is 0. The zero-order chi connectivity index (χ0) is 15.7. The Labute approximate surface area is 127 Å². The van der Waals surface area contributed by atoms with Crippen LogP contribution >= 0.6 is 0 Å². The Morgan fingerprint density at radius 1 is 1.14 bits per heavy atom. The summed E-state index contributed by atoms with van der Waals surface area (Å²) in [6.45, 7) is 0.259. The first-order valence-electron chi connectivity index (χ1n) is 6.58. The Kier molecular flexibility index (Phi) is 3.76. The van der Waals surface area contributed by atoms with Crippen molar-refractivity contribution in [2.45, 2.75) is 11.4 Å². The topological polar surface area (TPSA) is 55.8 Å². The van der Waals surface area contributed by atoms with E-state index in [1.165, 1.54) is 25.2 Å². The van der Waals surface area contributed by atoms with Gasteiger partial charge in [-0.2, -0.15) is 4.31 Å². The number of fused-ring (bicyclic) bond motifs is 1. The lowest BCUT2D eigenvalue weighted by Crippen LogP contribution is -2.27. The van der Waals surface area contributed by atoms with Gasteiger partial charge in [-0.05, 0) is 29.8 Å². The first kappa shape index (κ1) is 14.8. The van der Waals surface area contributed by atoms with Crippen LogP contribution in [0, 0.1) is 5.82 Å². The molecule has 0 unspecified atom stereocenters. The molecule has 0 aromatic heterocycles. The zero-order valence-electron chi connectivity index (χ0n) is 11.8. The van der Waals surface area contributed by atoms with E-state index in [1.54, 1.807) is 18.2 Å². The highest BCUT2D eigenvalue weighted by atomic mass is 32.2. The molecule has 1 heterocycles. The van der Waals surface area contributed by atoms with Gasteiger partial charge >= 0.3 is 0 Å². The number of benzene rings is 2. The third-order valence-corrected chi connectivity index (χ3v) is 5.20. The molecule has 0 saturated heterocycles. The van der Waals surface area contributed by atoms with E-state index < -0.39 is 15.8 Å². The Bertz CT molecular complexity index is 807. The molecule has 0 bridgehead atoms. The lowest BCUT2D eigenvalue weighted by molar-refractivity contribution is 0.174. The smallest absolute Gasteiger partial charge is 0.246 e. The fourth-order valence-corrected chi connectivity index (χ4v) is 3.42. The van der Waals surface area contributed by atoms with E-state index in [-0.39, 0.29) is 18.2 Å². The highest BCUT2D eigenvalue weighted by Crippen LogP contribution is 2.33. The second-order valence-corrected chi connectivity index (χ2v) is 6.89. The molecule has 22 heavy (non-hydrogen) atoms. The largest absolute Gasteiger partial charge is 0.454 e. The average Bonchev–Trinajstić information content (AvgIpc) is 2.95. The lowest BCUT2D eigenvalue weighted by atomic mass is 10.2. The van der Waals surface area contributed by atoms with Crippen LogP contribution in [0.4, 0.5) is 4.39 Å². The Morgan fingerprint density at radius 3 is 2.64 bits per heavy atom. The van der Waals surface area contributed by atoms with Crippen LogP contribution in [-0.4, -0.2) is 26.6 Å². The fourth-order valence-electron chi connectivity index (χ4n) is 2.20. The van der Waals surface area contributed by atoms with Gasteiger partial charge in [-0.25, -0.2) is 12.8 Å². The van der Waals surface area contributed by atoms with Crippen molar-refractivity contribution in [3.05, 3.63) is 53.8 Å². The van der Waals surface area contributed by atoms with Crippen LogP contribution in [-0.2, 0) is 16.6 Å². The summed E-state index contributed by atoms with van der Waals surface area (Å²) >= 11 is 0. The first-order valence-corrected chi connectivity index (χ1v) is 8.02. The van der Waals surface area contributed by atoms with Crippen molar-refractivity contribution in [1.82, 2.24) is 4.31 Å². The Balaban J connectivity index is 1.85.